The second-order valence-corrected chi connectivity index (χ2v) is 6.03. The molecule has 0 spiro atoms. The fraction of sp³-hybridized carbons (Fsp3) is 0.500. The molecule has 20 heavy (non-hydrogen) atoms. The van der Waals surface area contributed by atoms with Gasteiger partial charge in [-0.05, 0) is 42.7 Å². The van der Waals surface area contributed by atoms with Gasteiger partial charge in [0.05, 0.1) is 5.56 Å². The Morgan fingerprint density at radius 1 is 1.45 bits per heavy atom. The zero-order valence-corrected chi connectivity index (χ0v) is 12.2. The monoisotopic (exact) mass is 321 g/mol. The number of rotatable bonds is 5. The Labute approximate surface area is 124 Å². The molecular weight excluding hydrogens is 307 g/mol. The Hall–Kier alpha value is -1.02. The summed E-state index contributed by atoms with van der Waals surface area (Å²) in [5.41, 5.74) is 4.16. The predicted molar refractivity (Wildman–Crippen MR) is 79.2 cm³/mol. The van der Waals surface area contributed by atoms with E-state index >= 15 is 0 Å². The predicted octanol–water partition coefficient (Wildman–Crippen LogP) is 2.87. The quantitative estimate of drug-likeness (QED) is 0.645. The number of nitrogens with one attached hydrogen (secondary N) is 1. The van der Waals surface area contributed by atoms with E-state index in [4.69, 9.17) is 18.0 Å². The minimum Gasteiger partial charge on any atom is -0.389 e. The van der Waals surface area contributed by atoms with Crippen molar-refractivity contribution in [2.45, 2.75) is 24.8 Å². The highest BCUT2D eigenvalue weighted by atomic mass is 32.2. The molecule has 8 heteroatoms. The van der Waals surface area contributed by atoms with Crippen molar-refractivity contribution in [1.82, 2.24) is 4.98 Å². The fourth-order valence-electron chi connectivity index (χ4n) is 2.13. The molecule has 0 saturated carbocycles. The van der Waals surface area contributed by atoms with Crippen LogP contribution in [0.5, 0.6) is 0 Å². The molecule has 1 aromatic heterocycles. The molecule has 1 heterocycles. The number of anilines is 1. The van der Waals surface area contributed by atoms with Gasteiger partial charge in [0.25, 0.3) is 0 Å². The Kier molecular flexibility index (Phi) is 4.74. The number of nitrogens with zero attached hydrogens (tertiary/aromatic N) is 1. The van der Waals surface area contributed by atoms with E-state index in [1.807, 2.05) is 6.07 Å². The third-order valence-corrected chi connectivity index (χ3v) is 3.93. The third-order valence-electron chi connectivity index (χ3n) is 2.98. The van der Waals surface area contributed by atoms with Crippen molar-refractivity contribution in [1.29, 1.82) is 0 Å². The highest BCUT2D eigenvalue weighted by Gasteiger charge is 2.27. The molecule has 3 N–H and O–H groups in total. The number of fused-ring (bicyclic) bond motifs is 1. The van der Waals surface area contributed by atoms with Crippen molar-refractivity contribution < 1.29 is 13.2 Å². The average Bonchev–Trinajstić information content (AvgIpc) is 2.79. The number of aromatic nitrogens is 1. The van der Waals surface area contributed by atoms with E-state index in [2.05, 4.69) is 10.3 Å². The molecule has 3 nitrogen and oxygen atoms in total. The minimum absolute atomic E-state index is 0.0619. The van der Waals surface area contributed by atoms with Gasteiger partial charge in [0, 0.05) is 18.0 Å². The normalized spacial score (nSPS) is 14.2. The van der Waals surface area contributed by atoms with E-state index in [1.54, 1.807) is 0 Å². The van der Waals surface area contributed by atoms with Crippen LogP contribution in [-0.2, 0) is 12.8 Å². The topological polar surface area (TPSA) is 50.9 Å². The highest BCUT2D eigenvalue weighted by molar-refractivity contribution is 8.00. The Balaban J connectivity index is 2.05. The Morgan fingerprint density at radius 3 is 2.85 bits per heavy atom. The first-order valence-corrected chi connectivity index (χ1v) is 7.53. The molecule has 0 fully saturated rings. The van der Waals surface area contributed by atoms with Gasteiger partial charge in [0.1, 0.15) is 10.8 Å². The largest absolute Gasteiger partial charge is 0.441 e. The Bertz CT molecular complexity index is 517. The molecule has 0 bridgehead atoms. The lowest BCUT2D eigenvalue weighted by molar-refractivity contribution is -0.0327. The maximum absolute atomic E-state index is 12.0. The number of thioether (sulfide) groups is 1. The van der Waals surface area contributed by atoms with Crippen molar-refractivity contribution in [2.75, 3.05) is 17.6 Å². The molecule has 1 aromatic rings. The average molecular weight is 321 g/mol. The zero-order valence-electron chi connectivity index (χ0n) is 10.6. The molecule has 0 unspecified atom stereocenters. The molecular formula is C12H14F3N3S2. The molecule has 0 aromatic carbocycles. The van der Waals surface area contributed by atoms with Gasteiger partial charge in [-0.15, -0.1) is 0 Å². The summed E-state index contributed by atoms with van der Waals surface area (Å²) in [5, 5.41) is 2.90. The van der Waals surface area contributed by atoms with Crippen LogP contribution in [-0.4, -0.2) is 27.8 Å². The molecule has 1 aliphatic rings. The second-order valence-electron chi connectivity index (χ2n) is 4.43. The van der Waals surface area contributed by atoms with E-state index in [9.17, 15) is 13.2 Å². The van der Waals surface area contributed by atoms with Crippen LogP contribution in [0.3, 0.4) is 0 Å². The highest BCUT2D eigenvalue weighted by Crippen LogP contribution is 2.30. The van der Waals surface area contributed by atoms with Crippen LogP contribution in [0.15, 0.2) is 6.07 Å². The van der Waals surface area contributed by atoms with Crippen molar-refractivity contribution in [2.24, 2.45) is 5.73 Å². The van der Waals surface area contributed by atoms with Gasteiger partial charge in [-0.3, -0.25) is 0 Å². The maximum Gasteiger partial charge on any atom is 0.441 e. The molecule has 0 radical (unpaired) electrons. The van der Waals surface area contributed by atoms with Gasteiger partial charge in [0.15, 0.2) is 0 Å². The van der Waals surface area contributed by atoms with Crippen LogP contribution >= 0.6 is 24.0 Å². The van der Waals surface area contributed by atoms with E-state index in [0.29, 0.717) is 11.4 Å². The van der Waals surface area contributed by atoms with Gasteiger partial charge in [-0.1, -0.05) is 12.2 Å². The number of hydrogen-bond donors (Lipinski definition) is 2. The minimum atomic E-state index is -4.21. The van der Waals surface area contributed by atoms with E-state index in [0.717, 1.165) is 30.5 Å². The Morgan fingerprint density at radius 2 is 2.20 bits per heavy atom. The van der Waals surface area contributed by atoms with Gasteiger partial charge in [-0.2, -0.15) is 13.2 Å². The summed E-state index contributed by atoms with van der Waals surface area (Å²) in [5.74, 6) is 0.403. The number of thiocarbonyl (C=S) groups is 1. The summed E-state index contributed by atoms with van der Waals surface area (Å²) in [7, 11) is 0. The SMILES string of the molecule is NC(=S)c1cc2c(nc1NCCSC(F)(F)F)CCC2. The number of nitrogens with two attached hydrogens (primary N) is 1. The number of hydrogen-bond acceptors (Lipinski definition) is 4. The summed E-state index contributed by atoms with van der Waals surface area (Å²) in [6, 6.07) is 1.90. The van der Waals surface area contributed by atoms with E-state index in [1.165, 1.54) is 0 Å². The summed E-state index contributed by atoms with van der Waals surface area (Å²) >= 11 is 4.91. The standard InChI is InChI=1S/C12H14F3N3S2/c13-12(14,15)20-5-4-17-11-8(10(16)19)6-7-2-1-3-9(7)18-11/h6H,1-5H2,(H2,16,19)(H,17,18). The van der Waals surface area contributed by atoms with Gasteiger partial charge >= 0.3 is 5.51 Å². The van der Waals surface area contributed by atoms with Crippen LogP contribution in [0.4, 0.5) is 19.0 Å². The molecule has 0 aliphatic heterocycles. The number of alkyl halides is 3. The lowest BCUT2D eigenvalue weighted by atomic mass is 10.1. The van der Waals surface area contributed by atoms with Crippen molar-refractivity contribution in [3.63, 3.8) is 0 Å². The van der Waals surface area contributed by atoms with E-state index in [-0.39, 0.29) is 29.0 Å². The molecule has 0 saturated heterocycles. The second kappa shape index (κ2) is 6.17. The first kappa shape index (κ1) is 15.4. The van der Waals surface area contributed by atoms with Gasteiger partial charge in [0.2, 0.25) is 0 Å². The number of aryl methyl sites for hydroxylation is 2. The summed E-state index contributed by atoms with van der Waals surface area (Å²) in [4.78, 5) is 4.65. The lowest BCUT2D eigenvalue weighted by Gasteiger charge is -2.13. The fourth-order valence-corrected chi connectivity index (χ4v) is 2.72. The van der Waals surface area contributed by atoms with E-state index < -0.39 is 5.51 Å². The van der Waals surface area contributed by atoms with Crippen molar-refractivity contribution >= 4 is 34.8 Å². The van der Waals surface area contributed by atoms with Crippen LogP contribution in [0.25, 0.3) is 0 Å². The van der Waals surface area contributed by atoms with Crippen molar-refractivity contribution in [3.8, 4) is 0 Å². The maximum atomic E-state index is 12.0. The van der Waals surface area contributed by atoms with Crippen LogP contribution in [0, 0.1) is 0 Å². The van der Waals surface area contributed by atoms with Crippen LogP contribution in [0.1, 0.15) is 23.2 Å². The van der Waals surface area contributed by atoms with Crippen LogP contribution in [0.2, 0.25) is 0 Å². The third kappa shape index (κ3) is 3.99. The molecule has 1 aliphatic carbocycles. The smallest absolute Gasteiger partial charge is 0.389 e. The lowest BCUT2D eigenvalue weighted by Crippen LogP contribution is -2.17. The molecule has 2 rings (SSSR count). The summed E-state index contributed by atoms with van der Waals surface area (Å²) < 4.78 is 36.1. The van der Waals surface area contributed by atoms with Gasteiger partial charge < -0.3 is 11.1 Å². The van der Waals surface area contributed by atoms with Crippen LogP contribution < -0.4 is 11.1 Å². The van der Waals surface area contributed by atoms with Crippen molar-refractivity contribution in [3.05, 3.63) is 22.9 Å². The molecule has 0 amide bonds. The number of pyridine rings is 1. The van der Waals surface area contributed by atoms with Gasteiger partial charge in [-0.25, -0.2) is 4.98 Å². The summed E-state index contributed by atoms with van der Waals surface area (Å²) in [6.07, 6.45) is 2.87. The number of halogens is 3. The first-order valence-electron chi connectivity index (χ1n) is 6.14. The molecule has 0 atom stereocenters. The molecule has 110 valence electrons. The zero-order chi connectivity index (χ0) is 14.8. The summed E-state index contributed by atoms with van der Waals surface area (Å²) in [6.45, 7) is 0.158. The first-order chi connectivity index (χ1) is 9.37.